The second-order valence-corrected chi connectivity index (χ2v) is 15.6. The molecule has 0 aromatic rings. The van der Waals surface area contributed by atoms with Crippen molar-refractivity contribution in [3.05, 3.63) is 33.8 Å². The molecule has 0 radical (unpaired) electrons. The number of hydrogen-bond acceptors (Lipinski definition) is 7. The molecule has 0 amide bonds. The lowest BCUT2D eigenvalue weighted by molar-refractivity contribution is 0.523. The monoisotopic (exact) mass is 567 g/mol. The highest BCUT2D eigenvalue weighted by molar-refractivity contribution is 8.01. The quantitative estimate of drug-likeness (QED) is 0.214. The molecule has 5 nitrogen and oxygen atoms in total. The van der Waals surface area contributed by atoms with Crippen LogP contribution in [0.25, 0.3) is 0 Å². The van der Waals surface area contributed by atoms with E-state index in [4.69, 9.17) is 0 Å². The molecular formula is C31H61N5S2. The van der Waals surface area contributed by atoms with Crippen molar-refractivity contribution in [1.29, 1.82) is 0 Å². The summed E-state index contributed by atoms with van der Waals surface area (Å²) in [6.45, 7) is 29.0. The maximum atomic E-state index is 3.37. The van der Waals surface area contributed by atoms with Gasteiger partial charge in [0.15, 0.2) is 0 Å². The Hall–Kier alpha value is -0.760. The van der Waals surface area contributed by atoms with Gasteiger partial charge in [0.1, 0.15) is 0 Å². The molecular weight excluding hydrogens is 507 g/mol. The average molecular weight is 568 g/mol. The van der Waals surface area contributed by atoms with Gasteiger partial charge in [-0.05, 0) is 108 Å². The first-order valence-corrected chi connectivity index (χ1v) is 16.6. The predicted molar refractivity (Wildman–Crippen MR) is 176 cm³/mol. The summed E-state index contributed by atoms with van der Waals surface area (Å²) < 4.78 is 0.958. The molecule has 0 saturated carbocycles. The zero-order chi connectivity index (χ0) is 28.8. The minimum atomic E-state index is 0.458. The molecule has 5 heterocycles. The van der Waals surface area contributed by atoms with E-state index in [1.807, 2.05) is 23.5 Å². The van der Waals surface area contributed by atoms with E-state index >= 15 is 0 Å². The van der Waals surface area contributed by atoms with Gasteiger partial charge >= 0.3 is 0 Å². The fourth-order valence-corrected chi connectivity index (χ4v) is 5.92. The van der Waals surface area contributed by atoms with Gasteiger partial charge < -0.3 is 26.6 Å². The van der Waals surface area contributed by atoms with Crippen LogP contribution in [0.1, 0.15) is 108 Å². The van der Waals surface area contributed by atoms with E-state index in [-0.39, 0.29) is 0 Å². The summed E-state index contributed by atoms with van der Waals surface area (Å²) in [5.41, 5.74) is 8.71. The van der Waals surface area contributed by atoms with Gasteiger partial charge in [0.25, 0.3) is 0 Å². The summed E-state index contributed by atoms with van der Waals surface area (Å²) in [5, 5.41) is 16.5. The van der Waals surface area contributed by atoms with E-state index in [1.165, 1.54) is 79.0 Å². The SMILES string of the molecule is CC1(C)CNCS1.CC1=C(C)NCC1.CC1=C(C)NCCC1.CC1=C(C)NCCC1.CC1NCSC1(C)C. The minimum absolute atomic E-state index is 0.458. The number of thioether (sulfide) groups is 2. The van der Waals surface area contributed by atoms with E-state index in [1.54, 1.807) is 0 Å². The molecule has 38 heavy (non-hydrogen) atoms. The highest BCUT2D eigenvalue weighted by Crippen LogP contribution is 2.32. The van der Waals surface area contributed by atoms with Crippen LogP contribution in [-0.2, 0) is 0 Å². The molecule has 0 aromatic heterocycles. The Morgan fingerprint density at radius 2 is 1.11 bits per heavy atom. The van der Waals surface area contributed by atoms with E-state index in [0.29, 0.717) is 15.5 Å². The maximum absolute atomic E-state index is 3.37. The van der Waals surface area contributed by atoms with Gasteiger partial charge in [-0.3, -0.25) is 0 Å². The molecule has 0 aromatic carbocycles. The fourth-order valence-electron chi connectivity index (χ4n) is 4.08. The van der Waals surface area contributed by atoms with Gasteiger partial charge in [0, 0.05) is 70.6 Å². The third kappa shape index (κ3) is 14.6. The van der Waals surface area contributed by atoms with Gasteiger partial charge in [-0.25, -0.2) is 0 Å². The van der Waals surface area contributed by atoms with Crippen molar-refractivity contribution in [2.24, 2.45) is 0 Å². The smallest absolute Gasteiger partial charge is 0.0426 e. The van der Waals surface area contributed by atoms with Gasteiger partial charge in [-0.2, -0.15) is 0 Å². The van der Waals surface area contributed by atoms with Crippen molar-refractivity contribution < 1.29 is 0 Å². The molecule has 2 fully saturated rings. The number of hydrogen-bond donors (Lipinski definition) is 5. The first-order chi connectivity index (χ1) is 17.7. The van der Waals surface area contributed by atoms with E-state index in [0.717, 1.165) is 24.8 Å². The molecule has 2 saturated heterocycles. The lowest BCUT2D eigenvalue weighted by atomic mass is 10.1. The van der Waals surface area contributed by atoms with E-state index < -0.39 is 0 Å². The molecule has 0 spiro atoms. The van der Waals surface area contributed by atoms with Gasteiger partial charge in [0.05, 0.1) is 0 Å². The van der Waals surface area contributed by atoms with Crippen LogP contribution in [0.15, 0.2) is 33.8 Å². The molecule has 1 atom stereocenters. The van der Waals surface area contributed by atoms with Crippen molar-refractivity contribution >= 4 is 23.5 Å². The zero-order valence-corrected chi connectivity index (χ0v) is 28.3. The minimum Gasteiger partial charge on any atom is -0.389 e. The lowest BCUT2D eigenvalue weighted by Gasteiger charge is -2.20. The summed E-state index contributed by atoms with van der Waals surface area (Å²) in [7, 11) is 0. The third-order valence-corrected chi connectivity index (χ3v) is 10.7. The van der Waals surface area contributed by atoms with Crippen molar-refractivity contribution in [2.45, 2.75) is 124 Å². The Morgan fingerprint density at radius 1 is 0.632 bits per heavy atom. The van der Waals surface area contributed by atoms with Crippen LogP contribution in [0.4, 0.5) is 0 Å². The third-order valence-electron chi connectivity index (χ3n) is 8.04. The largest absolute Gasteiger partial charge is 0.389 e. The molecule has 0 aliphatic carbocycles. The first-order valence-electron chi connectivity index (χ1n) is 14.7. The fraction of sp³-hybridized carbons (Fsp3) is 0.806. The van der Waals surface area contributed by atoms with Crippen LogP contribution in [0, 0.1) is 0 Å². The maximum Gasteiger partial charge on any atom is 0.0426 e. The molecule has 5 aliphatic heterocycles. The highest BCUT2D eigenvalue weighted by Gasteiger charge is 2.30. The molecule has 5 N–H and O–H groups in total. The summed E-state index contributed by atoms with van der Waals surface area (Å²) in [6.07, 6.45) is 6.44. The molecule has 5 aliphatic rings. The zero-order valence-electron chi connectivity index (χ0n) is 26.7. The Labute approximate surface area is 245 Å². The van der Waals surface area contributed by atoms with Crippen LogP contribution in [-0.4, -0.2) is 53.5 Å². The van der Waals surface area contributed by atoms with Crippen LogP contribution in [0.3, 0.4) is 0 Å². The van der Waals surface area contributed by atoms with Crippen LogP contribution in [0.2, 0.25) is 0 Å². The van der Waals surface area contributed by atoms with Crippen molar-refractivity contribution in [2.75, 3.05) is 37.9 Å². The van der Waals surface area contributed by atoms with E-state index in [2.05, 4.69) is 103 Å². The summed E-state index contributed by atoms with van der Waals surface area (Å²) in [5.74, 6) is 2.25. The number of allylic oxidation sites excluding steroid dienone is 5. The summed E-state index contributed by atoms with van der Waals surface area (Å²) >= 11 is 3.98. The molecule has 7 heteroatoms. The second-order valence-electron chi connectivity index (χ2n) is 12.2. The number of nitrogens with one attached hydrogen (secondary N) is 5. The predicted octanol–water partition coefficient (Wildman–Crippen LogP) is 7.11. The average Bonchev–Trinajstić information content (AvgIpc) is 3.54. The van der Waals surface area contributed by atoms with Gasteiger partial charge in [0.2, 0.25) is 0 Å². The Bertz CT molecular complexity index is 720. The van der Waals surface area contributed by atoms with Crippen LogP contribution in [0.5, 0.6) is 0 Å². The normalized spacial score (nSPS) is 25.2. The Kier molecular flexibility index (Phi) is 16.5. The van der Waals surface area contributed by atoms with Crippen LogP contribution < -0.4 is 26.6 Å². The van der Waals surface area contributed by atoms with E-state index in [9.17, 15) is 0 Å². The molecule has 0 bridgehead atoms. The molecule has 222 valence electrons. The second kappa shape index (κ2) is 17.8. The van der Waals surface area contributed by atoms with Crippen molar-refractivity contribution in [3.63, 3.8) is 0 Å². The first kappa shape index (κ1) is 35.3. The lowest BCUT2D eigenvalue weighted by Crippen LogP contribution is -2.32. The summed E-state index contributed by atoms with van der Waals surface area (Å²) in [6, 6.07) is 0.674. The standard InChI is InChI=1S/2C7H13N.C6H13NS.C6H11N.C5H11NS/c2*1-6-4-3-5-8-7(6)2;1-5-6(2,3)8-4-7-5;1-5-3-4-7-6(5)2;1-5(2)3-6-4-7-5/h2*8H,3-5H2,1-2H3;5,7H,4H2,1-3H3;7H,3-4H2,1-2H3;6H,3-4H2,1-2H3. The van der Waals surface area contributed by atoms with Crippen molar-refractivity contribution in [3.8, 4) is 0 Å². The molecule has 5 rings (SSSR count). The highest BCUT2D eigenvalue weighted by atomic mass is 32.2. The van der Waals surface area contributed by atoms with Gasteiger partial charge in [-0.1, -0.05) is 16.7 Å². The Balaban J connectivity index is 0.000000238. The topological polar surface area (TPSA) is 60.1 Å². The Morgan fingerprint density at radius 3 is 1.26 bits per heavy atom. The van der Waals surface area contributed by atoms with Crippen LogP contribution >= 0.6 is 23.5 Å². The van der Waals surface area contributed by atoms with Crippen molar-refractivity contribution in [1.82, 2.24) is 26.6 Å². The van der Waals surface area contributed by atoms with Gasteiger partial charge in [-0.15, -0.1) is 23.5 Å². The summed E-state index contributed by atoms with van der Waals surface area (Å²) in [4.78, 5) is 0. The number of rotatable bonds is 0. The molecule has 1 unspecified atom stereocenters.